The fourth-order valence-corrected chi connectivity index (χ4v) is 3.29. The molecular formula is C20H20F3N3O4. The molecule has 0 saturated heterocycles. The number of anilines is 1. The number of para-hydroxylation sites is 1. The zero-order valence-corrected chi connectivity index (χ0v) is 16.4. The molecule has 0 saturated carbocycles. The summed E-state index contributed by atoms with van der Waals surface area (Å²) in [7, 11) is 0. The normalized spacial score (nSPS) is 14.9. The van der Waals surface area contributed by atoms with Crippen molar-refractivity contribution in [2.75, 3.05) is 11.9 Å². The van der Waals surface area contributed by atoms with E-state index < -0.39 is 23.7 Å². The smallest absolute Gasteiger partial charge is 0.427 e. The van der Waals surface area contributed by atoms with E-state index in [1.807, 2.05) is 0 Å². The Morgan fingerprint density at radius 3 is 2.67 bits per heavy atom. The van der Waals surface area contributed by atoms with Crippen molar-refractivity contribution < 1.29 is 31.9 Å². The Morgan fingerprint density at radius 2 is 1.97 bits per heavy atom. The molecule has 3 rings (SSSR count). The van der Waals surface area contributed by atoms with Gasteiger partial charge in [-0.25, -0.2) is 10.2 Å². The van der Waals surface area contributed by atoms with Gasteiger partial charge >= 0.3 is 12.3 Å². The minimum absolute atomic E-state index is 0.0947. The predicted molar refractivity (Wildman–Crippen MR) is 102 cm³/mol. The Balaban J connectivity index is 1.88. The number of hydrazone groups is 1. The van der Waals surface area contributed by atoms with Crippen LogP contribution in [0.5, 0.6) is 0 Å². The lowest BCUT2D eigenvalue weighted by Crippen LogP contribution is -2.22. The molecule has 160 valence electrons. The standard InChI is InChI=1S/C20H20F3N3O4/c1-3-29-19(28)26-25-14-9-6-10-15-16(14)11(2)17(30-15)18(27)24-13-8-5-4-7-12(13)20(21,22)23/h4-5,7-8H,3,6,9-10H2,1-2H3,(H,24,27)(H,26,28)/b25-14+. The second-order valence-electron chi connectivity index (χ2n) is 6.60. The second-order valence-corrected chi connectivity index (χ2v) is 6.60. The van der Waals surface area contributed by atoms with Gasteiger partial charge in [-0.1, -0.05) is 12.1 Å². The van der Waals surface area contributed by atoms with Crippen molar-refractivity contribution in [2.24, 2.45) is 5.10 Å². The van der Waals surface area contributed by atoms with Gasteiger partial charge in [0, 0.05) is 17.5 Å². The van der Waals surface area contributed by atoms with Crippen LogP contribution in [0, 0.1) is 6.92 Å². The number of carbonyl (C=O) groups is 2. The molecule has 1 heterocycles. The van der Waals surface area contributed by atoms with Crippen molar-refractivity contribution >= 4 is 23.4 Å². The minimum atomic E-state index is -4.61. The molecule has 0 bridgehead atoms. The van der Waals surface area contributed by atoms with Crippen LogP contribution in [0.2, 0.25) is 0 Å². The van der Waals surface area contributed by atoms with Crippen LogP contribution in [0.25, 0.3) is 0 Å². The van der Waals surface area contributed by atoms with E-state index in [0.717, 1.165) is 6.07 Å². The predicted octanol–water partition coefficient (Wildman–Crippen LogP) is 4.65. The number of hydrogen-bond acceptors (Lipinski definition) is 5. The fraction of sp³-hybridized carbons (Fsp3) is 0.350. The van der Waals surface area contributed by atoms with Gasteiger partial charge in [0.1, 0.15) is 5.76 Å². The number of halogens is 3. The van der Waals surface area contributed by atoms with Crippen LogP contribution >= 0.6 is 0 Å². The number of furan rings is 1. The monoisotopic (exact) mass is 423 g/mol. The number of amides is 2. The van der Waals surface area contributed by atoms with Crippen LogP contribution < -0.4 is 10.7 Å². The maximum absolute atomic E-state index is 13.2. The SMILES string of the molecule is CCOC(=O)N/N=C1\CCCc2oc(C(=O)Nc3ccccc3C(F)(F)F)c(C)c21. The summed E-state index contributed by atoms with van der Waals surface area (Å²) in [6.45, 7) is 3.47. The van der Waals surface area contributed by atoms with Gasteiger partial charge in [-0.2, -0.15) is 18.3 Å². The molecule has 0 atom stereocenters. The summed E-state index contributed by atoms with van der Waals surface area (Å²) in [6, 6.07) is 4.71. The molecule has 2 amide bonds. The molecule has 1 aliphatic carbocycles. The van der Waals surface area contributed by atoms with Gasteiger partial charge in [0.2, 0.25) is 0 Å². The Hall–Kier alpha value is -3.30. The van der Waals surface area contributed by atoms with Crippen molar-refractivity contribution in [1.82, 2.24) is 5.43 Å². The summed E-state index contributed by atoms with van der Waals surface area (Å²) in [5, 5.41) is 6.34. The molecule has 10 heteroatoms. The van der Waals surface area contributed by atoms with Gasteiger partial charge in [0.05, 0.1) is 23.6 Å². The van der Waals surface area contributed by atoms with Crippen molar-refractivity contribution in [3.8, 4) is 0 Å². The van der Waals surface area contributed by atoms with Gasteiger partial charge in [0.25, 0.3) is 5.91 Å². The maximum atomic E-state index is 13.2. The van der Waals surface area contributed by atoms with E-state index in [1.54, 1.807) is 13.8 Å². The number of nitrogens with one attached hydrogen (secondary N) is 2. The topological polar surface area (TPSA) is 92.9 Å². The summed E-state index contributed by atoms with van der Waals surface area (Å²) >= 11 is 0. The van der Waals surface area contributed by atoms with Crippen molar-refractivity contribution in [3.63, 3.8) is 0 Å². The Labute approximate surface area is 170 Å². The lowest BCUT2D eigenvalue weighted by atomic mass is 9.93. The summed E-state index contributed by atoms with van der Waals surface area (Å²) in [4.78, 5) is 24.2. The zero-order chi connectivity index (χ0) is 21.9. The van der Waals surface area contributed by atoms with Gasteiger partial charge in [0.15, 0.2) is 5.76 Å². The molecule has 2 aromatic rings. The molecule has 1 aromatic carbocycles. The summed E-state index contributed by atoms with van der Waals surface area (Å²) in [5.74, 6) is -0.392. The summed E-state index contributed by atoms with van der Waals surface area (Å²) in [6.07, 6.45) is -3.56. The molecular weight excluding hydrogens is 403 g/mol. The number of carbonyl (C=O) groups excluding carboxylic acids is 2. The van der Waals surface area contributed by atoms with E-state index in [0.29, 0.717) is 41.9 Å². The number of fused-ring (bicyclic) bond motifs is 1. The third-order valence-corrected chi connectivity index (χ3v) is 4.57. The van der Waals surface area contributed by atoms with E-state index in [2.05, 4.69) is 15.8 Å². The number of ether oxygens (including phenoxy) is 1. The number of benzene rings is 1. The molecule has 0 radical (unpaired) electrons. The average molecular weight is 423 g/mol. The Bertz CT molecular complexity index is 996. The Kier molecular flexibility index (Phi) is 6.14. The Morgan fingerprint density at radius 1 is 1.23 bits per heavy atom. The lowest BCUT2D eigenvalue weighted by Gasteiger charge is -2.13. The van der Waals surface area contributed by atoms with Gasteiger partial charge in [-0.3, -0.25) is 4.79 Å². The van der Waals surface area contributed by atoms with E-state index in [-0.39, 0.29) is 18.1 Å². The molecule has 2 N–H and O–H groups in total. The molecule has 0 fully saturated rings. The van der Waals surface area contributed by atoms with Crippen molar-refractivity contribution in [2.45, 2.75) is 39.3 Å². The number of hydrogen-bond donors (Lipinski definition) is 2. The molecule has 1 aliphatic rings. The first-order valence-corrected chi connectivity index (χ1v) is 9.32. The van der Waals surface area contributed by atoms with Gasteiger partial charge < -0.3 is 14.5 Å². The highest BCUT2D eigenvalue weighted by molar-refractivity contribution is 6.09. The fourth-order valence-electron chi connectivity index (χ4n) is 3.29. The average Bonchev–Trinajstić information content (AvgIpc) is 3.04. The van der Waals surface area contributed by atoms with Crippen LogP contribution in [-0.2, 0) is 17.3 Å². The minimum Gasteiger partial charge on any atom is -0.455 e. The second kappa shape index (κ2) is 8.60. The van der Waals surface area contributed by atoms with Crippen molar-refractivity contribution in [3.05, 3.63) is 52.5 Å². The highest BCUT2D eigenvalue weighted by atomic mass is 19.4. The number of alkyl halides is 3. The van der Waals surface area contributed by atoms with E-state index in [9.17, 15) is 22.8 Å². The number of aryl methyl sites for hydroxylation is 1. The van der Waals surface area contributed by atoms with Crippen molar-refractivity contribution in [1.29, 1.82) is 0 Å². The summed E-state index contributed by atoms with van der Waals surface area (Å²) < 4.78 is 50.0. The third kappa shape index (κ3) is 4.47. The molecule has 30 heavy (non-hydrogen) atoms. The van der Waals surface area contributed by atoms with E-state index in [1.165, 1.54) is 18.2 Å². The van der Waals surface area contributed by atoms with E-state index >= 15 is 0 Å². The summed E-state index contributed by atoms with van der Waals surface area (Å²) in [5.41, 5.74) is 2.50. The maximum Gasteiger partial charge on any atom is 0.427 e. The van der Waals surface area contributed by atoms with E-state index in [4.69, 9.17) is 9.15 Å². The lowest BCUT2D eigenvalue weighted by molar-refractivity contribution is -0.136. The molecule has 0 unspecified atom stereocenters. The largest absolute Gasteiger partial charge is 0.455 e. The molecule has 7 nitrogen and oxygen atoms in total. The molecule has 1 aromatic heterocycles. The molecule has 0 aliphatic heterocycles. The highest BCUT2D eigenvalue weighted by Gasteiger charge is 2.34. The first-order valence-electron chi connectivity index (χ1n) is 9.32. The van der Waals surface area contributed by atoms with Crippen LogP contribution in [0.4, 0.5) is 23.7 Å². The number of nitrogens with zero attached hydrogens (tertiary/aromatic N) is 1. The third-order valence-electron chi connectivity index (χ3n) is 4.57. The molecule has 0 spiro atoms. The first kappa shape index (κ1) is 21.4. The van der Waals surface area contributed by atoms with Crippen LogP contribution in [0.1, 0.15) is 52.8 Å². The quantitative estimate of drug-likeness (QED) is 0.701. The first-order chi connectivity index (χ1) is 14.2. The number of rotatable bonds is 4. The zero-order valence-electron chi connectivity index (χ0n) is 16.4. The van der Waals surface area contributed by atoms with Gasteiger partial charge in [-0.05, 0) is 38.8 Å². The van der Waals surface area contributed by atoms with Crippen LogP contribution in [-0.4, -0.2) is 24.3 Å². The van der Waals surface area contributed by atoms with Crippen LogP contribution in [0.15, 0.2) is 33.8 Å². The van der Waals surface area contributed by atoms with Crippen LogP contribution in [0.3, 0.4) is 0 Å². The van der Waals surface area contributed by atoms with Gasteiger partial charge in [-0.15, -0.1) is 0 Å². The highest BCUT2D eigenvalue weighted by Crippen LogP contribution is 2.35.